The van der Waals surface area contributed by atoms with Crippen molar-refractivity contribution < 1.29 is 0 Å². The van der Waals surface area contributed by atoms with Crippen LogP contribution in [0.5, 0.6) is 0 Å². The molecule has 0 spiro atoms. The zero-order valence-corrected chi connectivity index (χ0v) is 16.3. The fourth-order valence-electron chi connectivity index (χ4n) is 3.34. The molecule has 2 aliphatic rings. The lowest BCUT2D eigenvalue weighted by molar-refractivity contribution is 0.603. The van der Waals surface area contributed by atoms with Gasteiger partial charge in [-0.3, -0.25) is 9.78 Å². The topological polar surface area (TPSA) is 119 Å². The average Bonchev–Trinajstić information content (AvgIpc) is 2.68. The summed E-state index contributed by atoms with van der Waals surface area (Å²) in [5.74, 6) is 0.295. The van der Waals surface area contributed by atoms with Gasteiger partial charge in [0.1, 0.15) is 0 Å². The van der Waals surface area contributed by atoms with Crippen LogP contribution < -0.4 is 22.3 Å². The van der Waals surface area contributed by atoms with E-state index in [0.29, 0.717) is 31.0 Å². The number of nitrogens with two attached hydrogens (primary N) is 1. The van der Waals surface area contributed by atoms with Crippen LogP contribution in [0.4, 0.5) is 5.69 Å². The smallest absolute Gasteiger partial charge is 0.349 e. The van der Waals surface area contributed by atoms with Gasteiger partial charge in [0.25, 0.3) is 5.56 Å². The number of aromatic nitrogens is 4. The zero-order chi connectivity index (χ0) is 20.5. The van der Waals surface area contributed by atoms with Gasteiger partial charge in [-0.05, 0) is 54.8 Å². The van der Waals surface area contributed by atoms with Gasteiger partial charge in [0.2, 0.25) is 0 Å². The molecule has 0 bridgehead atoms. The second-order valence-corrected chi connectivity index (χ2v) is 7.15. The Labute approximate surface area is 166 Å². The van der Waals surface area contributed by atoms with Crippen molar-refractivity contribution in [1.82, 2.24) is 24.8 Å². The van der Waals surface area contributed by atoms with Crippen molar-refractivity contribution >= 4 is 16.7 Å². The van der Waals surface area contributed by atoms with E-state index in [4.69, 9.17) is 5.73 Å². The Morgan fingerprint density at radius 2 is 1.79 bits per heavy atom. The van der Waals surface area contributed by atoms with E-state index in [1.807, 2.05) is 54.8 Å². The van der Waals surface area contributed by atoms with Gasteiger partial charge < -0.3 is 15.6 Å². The molecular formula is C21H22N6O2. The Hall–Kier alpha value is -3.52. The summed E-state index contributed by atoms with van der Waals surface area (Å²) in [5.41, 5.74) is 10.3. The quantitative estimate of drug-likeness (QED) is 0.270. The summed E-state index contributed by atoms with van der Waals surface area (Å²) in [7, 11) is 0. The van der Waals surface area contributed by atoms with Crippen LogP contribution in [0.1, 0.15) is 16.7 Å². The first-order valence-corrected chi connectivity index (χ1v) is 9.39. The predicted molar refractivity (Wildman–Crippen MR) is 113 cm³/mol. The first-order valence-electron chi connectivity index (χ1n) is 9.39. The zero-order valence-electron chi connectivity index (χ0n) is 16.3. The molecule has 2 aromatic carbocycles. The van der Waals surface area contributed by atoms with Gasteiger partial charge in [0.05, 0.1) is 11.0 Å². The van der Waals surface area contributed by atoms with Gasteiger partial charge >= 0.3 is 5.69 Å². The Kier molecular flexibility index (Phi) is 4.85. The molecule has 0 unspecified atom stereocenters. The average molecular weight is 390 g/mol. The molecule has 2 heterocycles. The molecule has 0 amide bonds. The molecule has 2 aliphatic heterocycles. The molecular weight excluding hydrogens is 368 g/mol. The fraction of sp³-hybridized carbons (Fsp3) is 0.238. The van der Waals surface area contributed by atoms with Gasteiger partial charge in [-0.2, -0.15) is 4.98 Å². The number of aryl methyl sites for hydroxylation is 2. The van der Waals surface area contributed by atoms with Crippen molar-refractivity contribution in [2.24, 2.45) is 0 Å². The lowest BCUT2D eigenvalue weighted by atomic mass is 10.1. The van der Waals surface area contributed by atoms with E-state index >= 15 is 0 Å². The van der Waals surface area contributed by atoms with Crippen molar-refractivity contribution in [3.05, 3.63) is 73.9 Å². The molecule has 0 atom stereocenters. The number of H-pyrrole nitrogens is 1. The third kappa shape index (κ3) is 3.74. The Morgan fingerprint density at radius 3 is 2.55 bits per heavy atom. The van der Waals surface area contributed by atoms with Crippen LogP contribution in [0.25, 0.3) is 22.6 Å². The third-order valence-corrected chi connectivity index (χ3v) is 5.05. The summed E-state index contributed by atoms with van der Waals surface area (Å²) >= 11 is 0. The molecule has 0 radical (unpaired) electrons. The summed E-state index contributed by atoms with van der Waals surface area (Å²) in [5, 5.41) is 3.38. The van der Waals surface area contributed by atoms with E-state index in [9.17, 15) is 9.59 Å². The second kappa shape index (κ2) is 7.48. The summed E-state index contributed by atoms with van der Waals surface area (Å²) < 4.78 is 1.89. The Morgan fingerprint density at radius 1 is 1.07 bits per heavy atom. The van der Waals surface area contributed by atoms with Crippen molar-refractivity contribution in [2.45, 2.75) is 26.9 Å². The first kappa shape index (κ1) is 18.8. The van der Waals surface area contributed by atoms with Crippen molar-refractivity contribution in [1.29, 1.82) is 0 Å². The highest BCUT2D eigenvalue weighted by Gasteiger charge is 2.18. The molecule has 8 nitrogen and oxygen atoms in total. The number of anilines is 1. The predicted octanol–water partition coefficient (Wildman–Crippen LogP) is 1.57. The second-order valence-electron chi connectivity index (χ2n) is 7.15. The number of hydrogen-bond donors (Lipinski definition) is 3. The van der Waals surface area contributed by atoms with Gasteiger partial charge in [-0.15, -0.1) is 0 Å². The first-order chi connectivity index (χ1) is 13.9. The van der Waals surface area contributed by atoms with Crippen molar-refractivity contribution in [2.75, 3.05) is 12.3 Å². The maximum absolute atomic E-state index is 12.3. The summed E-state index contributed by atoms with van der Waals surface area (Å²) in [6.45, 7) is 5.86. The number of benzene rings is 2. The van der Waals surface area contributed by atoms with E-state index in [0.717, 1.165) is 27.9 Å². The van der Waals surface area contributed by atoms with Crippen LogP contribution in [0, 0.1) is 13.8 Å². The summed E-state index contributed by atoms with van der Waals surface area (Å²) in [6, 6.07) is 11.7. The SMILES string of the molecule is Cc1cc2nc3c(=O)[nH]c(=O)nc-3n(CCNCc3ccc(N)cc3)c2cc1C. The molecule has 0 aliphatic carbocycles. The van der Waals surface area contributed by atoms with Gasteiger partial charge in [0.15, 0.2) is 11.5 Å². The maximum atomic E-state index is 12.3. The van der Waals surface area contributed by atoms with Crippen molar-refractivity contribution in [3.8, 4) is 11.5 Å². The Balaban J connectivity index is 1.70. The number of fused-ring (bicyclic) bond motifs is 2. The molecule has 29 heavy (non-hydrogen) atoms. The largest absolute Gasteiger partial charge is 0.399 e. The van der Waals surface area contributed by atoms with Gasteiger partial charge in [-0.25, -0.2) is 9.78 Å². The molecule has 4 N–H and O–H groups in total. The number of rotatable bonds is 5. The number of nitrogens with one attached hydrogen (secondary N) is 2. The minimum absolute atomic E-state index is 0.166. The van der Waals surface area contributed by atoms with E-state index in [-0.39, 0.29) is 5.69 Å². The molecule has 0 aromatic heterocycles. The molecule has 4 rings (SSSR count). The minimum Gasteiger partial charge on any atom is -0.399 e. The summed E-state index contributed by atoms with van der Waals surface area (Å²) in [4.78, 5) is 34.8. The monoisotopic (exact) mass is 390 g/mol. The van der Waals surface area contributed by atoms with Crippen LogP contribution in [-0.2, 0) is 13.1 Å². The van der Waals surface area contributed by atoms with Crippen LogP contribution in [0.2, 0.25) is 0 Å². The van der Waals surface area contributed by atoms with E-state index in [1.165, 1.54) is 0 Å². The molecule has 148 valence electrons. The lowest BCUT2D eigenvalue weighted by Crippen LogP contribution is -2.30. The summed E-state index contributed by atoms with van der Waals surface area (Å²) in [6.07, 6.45) is 0. The maximum Gasteiger partial charge on any atom is 0.349 e. The van der Waals surface area contributed by atoms with Gasteiger partial charge in [-0.1, -0.05) is 12.1 Å². The number of nitrogen functional groups attached to an aromatic ring is 1. The Bertz CT molecular complexity index is 1270. The van der Waals surface area contributed by atoms with E-state index < -0.39 is 11.2 Å². The van der Waals surface area contributed by atoms with Crippen LogP contribution >= 0.6 is 0 Å². The standard InChI is InChI=1S/C21H22N6O2/c1-12-9-16-17(10-13(12)2)27(19-18(24-16)20(28)26-21(29)25-19)8-7-23-11-14-3-5-15(22)6-4-14/h3-6,9-10,23H,7-8,11,22H2,1-2H3,(H,26,28,29). The number of nitrogens with zero attached hydrogens (tertiary/aromatic N) is 3. The van der Waals surface area contributed by atoms with E-state index in [2.05, 4.69) is 20.3 Å². The third-order valence-electron chi connectivity index (χ3n) is 5.05. The molecule has 0 saturated heterocycles. The van der Waals surface area contributed by atoms with Crippen LogP contribution in [-0.4, -0.2) is 26.1 Å². The molecule has 8 heteroatoms. The van der Waals surface area contributed by atoms with Crippen LogP contribution in [0.15, 0.2) is 46.0 Å². The number of hydrogen-bond acceptors (Lipinski definition) is 6. The highest BCUT2D eigenvalue weighted by molar-refractivity contribution is 5.81. The van der Waals surface area contributed by atoms with Crippen molar-refractivity contribution in [3.63, 3.8) is 0 Å². The lowest BCUT2D eigenvalue weighted by Gasteiger charge is -2.18. The molecule has 0 saturated carbocycles. The van der Waals surface area contributed by atoms with E-state index in [1.54, 1.807) is 0 Å². The normalized spacial score (nSPS) is 11.4. The molecule has 0 fully saturated rings. The number of aromatic amines is 1. The molecule has 2 aromatic rings. The highest BCUT2D eigenvalue weighted by atomic mass is 16.2. The van der Waals surface area contributed by atoms with Gasteiger partial charge in [0, 0.05) is 25.3 Å². The minimum atomic E-state index is -0.670. The van der Waals surface area contributed by atoms with Crippen LogP contribution in [0.3, 0.4) is 0 Å². The highest BCUT2D eigenvalue weighted by Crippen LogP contribution is 2.23. The fourth-order valence-corrected chi connectivity index (χ4v) is 3.34.